The number of thiophene rings is 1. The number of fused-ring (bicyclic) bond motifs is 1. The molecular weight excluding hydrogens is 425 g/mol. The van der Waals surface area contributed by atoms with Gasteiger partial charge in [0.05, 0.1) is 12.6 Å². The second-order valence-corrected chi connectivity index (χ2v) is 10.9. The maximum atomic E-state index is 14.0. The van der Waals surface area contributed by atoms with E-state index in [0.29, 0.717) is 19.6 Å². The molecule has 5 nitrogen and oxygen atoms in total. The first-order valence-electron chi connectivity index (χ1n) is 11.3. The smallest absolute Gasteiger partial charge is 0.236 e. The monoisotopic (exact) mass is 457 g/mol. The third-order valence-corrected chi connectivity index (χ3v) is 7.45. The minimum atomic E-state index is -0.426. The molecule has 4 rings (SSSR count). The quantitative estimate of drug-likeness (QED) is 0.701. The Hall–Kier alpha value is -2.25. The van der Waals surface area contributed by atoms with E-state index in [4.69, 9.17) is 0 Å². The van der Waals surface area contributed by atoms with Gasteiger partial charge in [-0.2, -0.15) is 0 Å². The van der Waals surface area contributed by atoms with Crippen LogP contribution in [0.25, 0.3) is 0 Å². The summed E-state index contributed by atoms with van der Waals surface area (Å²) in [4.78, 5) is 33.3. The number of hydrogen-bond donors (Lipinski definition) is 0. The Morgan fingerprint density at radius 2 is 1.94 bits per heavy atom. The van der Waals surface area contributed by atoms with E-state index in [1.165, 1.54) is 16.5 Å². The summed E-state index contributed by atoms with van der Waals surface area (Å²) >= 11 is 1.73. The van der Waals surface area contributed by atoms with Crippen LogP contribution in [-0.4, -0.2) is 65.3 Å². The van der Waals surface area contributed by atoms with Crippen molar-refractivity contribution in [3.63, 3.8) is 0 Å². The number of rotatable bonds is 3. The van der Waals surface area contributed by atoms with Crippen LogP contribution in [-0.2, 0) is 16.0 Å². The van der Waals surface area contributed by atoms with Gasteiger partial charge < -0.3 is 9.80 Å². The van der Waals surface area contributed by atoms with E-state index in [1.807, 2.05) is 43.6 Å². The predicted octanol–water partition coefficient (Wildman–Crippen LogP) is 3.94. The average Bonchev–Trinajstić information content (AvgIpc) is 3.21. The summed E-state index contributed by atoms with van der Waals surface area (Å²) in [7, 11) is 0. The molecule has 2 aromatic rings. The van der Waals surface area contributed by atoms with E-state index in [0.717, 1.165) is 18.5 Å². The molecule has 32 heavy (non-hydrogen) atoms. The fourth-order valence-electron chi connectivity index (χ4n) is 4.80. The lowest BCUT2D eigenvalue weighted by Crippen LogP contribution is -2.58. The van der Waals surface area contributed by atoms with Gasteiger partial charge in [-0.1, -0.05) is 32.9 Å². The summed E-state index contributed by atoms with van der Waals surface area (Å²) in [6.45, 7) is 10.5. The van der Waals surface area contributed by atoms with Gasteiger partial charge in [0.2, 0.25) is 11.8 Å². The molecule has 172 valence electrons. The van der Waals surface area contributed by atoms with Gasteiger partial charge in [0.1, 0.15) is 5.82 Å². The molecule has 1 saturated heterocycles. The molecule has 0 bridgehead atoms. The highest BCUT2D eigenvalue weighted by Gasteiger charge is 2.36. The minimum absolute atomic E-state index is 0.0109. The zero-order valence-electron chi connectivity index (χ0n) is 19.3. The Labute approximate surface area is 193 Å². The molecule has 0 saturated carbocycles. The standard InChI is InChI=1S/C25H32FN3O2S/c1-17-15-27(11-12-29(17)24(31)25(2,3)4)22(30)16-28-10-8-21-20(9-13-32-21)23(28)18-6-5-7-19(26)14-18/h5-7,9,13-14,17,23H,8,10-12,15-16H2,1-4H3. The molecule has 0 spiro atoms. The van der Waals surface area contributed by atoms with Crippen LogP contribution in [0.15, 0.2) is 35.7 Å². The van der Waals surface area contributed by atoms with Gasteiger partial charge in [-0.15, -0.1) is 11.3 Å². The Bertz CT molecular complexity index is 999. The van der Waals surface area contributed by atoms with Crippen LogP contribution in [0.3, 0.4) is 0 Å². The summed E-state index contributed by atoms with van der Waals surface area (Å²) in [5.41, 5.74) is 1.63. The normalized spacial score (nSPS) is 22.0. The van der Waals surface area contributed by atoms with Gasteiger partial charge in [-0.05, 0) is 48.1 Å². The molecule has 2 atom stereocenters. The lowest BCUT2D eigenvalue weighted by molar-refractivity contribution is -0.148. The van der Waals surface area contributed by atoms with Crippen molar-refractivity contribution in [3.8, 4) is 0 Å². The number of amides is 2. The zero-order chi connectivity index (χ0) is 23.0. The van der Waals surface area contributed by atoms with E-state index in [9.17, 15) is 14.0 Å². The van der Waals surface area contributed by atoms with Crippen LogP contribution in [0.4, 0.5) is 4.39 Å². The summed E-state index contributed by atoms with van der Waals surface area (Å²) in [6.07, 6.45) is 0.899. The number of halogens is 1. The number of piperazine rings is 1. The number of nitrogens with zero attached hydrogens (tertiary/aromatic N) is 3. The highest BCUT2D eigenvalue weighted by atomic mass is 32.1. The van der Waals surface area contributed by atoms with E-state index in [1.54, 1.807) is 23.5 Å². The van der Waals surface area contributed by atoms with Gasteiger partial charge in [-0.3, -0.25) is 14.5 Å². The van der Waals surface area contributed by atoms with Crippen LogP contribution in [0.1, 0.15) is 49.7 Å². The van der Waals surface area contributed by atoms with Gasteiger partial charge in [0, 0.05) is 42.5 Å². The van der Waals surface area contributed by atoms with Crippen molar-refractivity contribution in [1.29, 1.82) is 0 Å². The second kappa shape index (κ2) is 8.94. The van der Waals surface area contributed by atoms with Crippen molar-refractivity contribution < 1.29 is 14.0 Å². The Morgan fingerprint density at radius 3 is 2.62 bits per heavy atom. The van der Waals surface area contributed by atoms with Crippen LogP contribution in [0.5, 0.6) is 0 Å². The molecule has 3 heterocycles. The van der Waals surface area contributed by atoms with Gasteiger partial charge >= 0.3 is 0 Å². The topological polar surface area (TPSA) is 43.9 Å². The second-order valence-electron chi connectivity index (χ2n) is 9.91. The molecule has 2 aliphatic heterocycles. The van der Waals surface area contributed by atoms with Crippen molar-refractivity contribution in [2.24, 2.45) is 5.41 Å². The summed E-state index contributed by atoms with van der Waals surface area (Å²) in [5, 5.41) is 2.08. The third kappa shape index (κ3) is 4.59. The van der Waals surface area contributed by atoms with E-state index < -0.39 is 5.41 Å². The van der Waals surface area contributed by atoms with Crippen LogP contribution in [0.2, 0.25) is 0 Å². The fraction of sp³-hybridized carbons (Fsp3) is 0.520. The van der Waals surface area contributed by atoms with Gasteiger partial charge in [0.15, 0.2) is 0 Å². The first-order chi connectivity index (χ1) is 15.1. The van der Waals surface area contributed by atoms with Crippen molar-refractivity contribution in [1.82, 2.24) is 14.7 Å². The largest absolute Gasteiger partial charge is 0.338 e. The van der Waals surface area contributed by atoms with E-state index >= 15 is 0 Å². The first kappa shape index (κ1) is 22.9. The van der Waals surface area contributed by atoms with Crippen LogP contribution >= 0.6 is 11.3 Å². The molecule has 0 radical (unpaired) electrons. The molecule has 2 amide bonds. The molecule has 1 aromatic heterocycles. The fourth-order valence-corrected chi connectivity index (χ4v) is 5.70. The summed E-state index contributed by atoms with van der Waals surface area (Å²) in [5.74, 6) is -0.0614. The maximum absolute atomic E-state index is 14.0. The predicted molar refractivity (Wildman–Crippen MR) is 125 cm³/mol. The lowest BCUT2D eigenvalue weighted by atomic mass is 9.93. The van der Waals surface area contributed by atoms with Crippen molar-refractivity contribution >= 4 is 23.2 Å². The Kier molecular flexibility index (Phi) is 6.41. The average molecular weight is 458 g/mol. The lowest BCUT2D eigenvalue weighted by Gasteiger charge is -2.43. The Balaban J connectivity index is 1.48. The highest BCUT2D eigenvalue weighted by molar-refractivity contribution is 7.10. The van der Waals surface area contributed by atoms with Crippen LogP contribution in [0, 0.1) is 11.2 Å². The molecule has 0 aliphatic carbocycles. The molecular formula is C25H32FN3O2S. The first-order valence-corrected chi connectivity index (χ1v) is 12.2. The van der Waals surface area contributed by atoms with Gasteiger partial charge in [0.25, 0.3) is 0 Å². The van der Waals surface area contributed by atoms with Gasteiger partial charge in [-0.25, -0.2) is 4.39 Å². The zero-order valence-corrected chi connectivity index (χ0v) is 20.1. The molecule has 0 N–H and O–H groups in total. The summed E-state index contributed by atoms with van der Waals surface area (Å²) < 4.78 is 14.0. The maximum Gasteiger partial charge on any atom is 0.236 e. The highest BCUT2D eigenvalue weighted by Crippen LogP contribution is 2.38. The Morgan fingerprint density at radius 1 is 1.16 bits per heavy atom. The molecule has 2 aliphatic rings. The number of hydrogen-bond acceptors (Lipinski definition) is 4. The van der Waals surface area contributed by atoms with Crippen molar-refractivity contribution in [2.75, 3.05) is 32.7 Å². The summed E-state index contributed by atoms with van der Waals surface area (Å²) in [6, 6.07) is 8.68. The van der Waals surface area contributed by atoms with Crippen molar-refractivity contribution in [3.05, 3.63) is 57.5 Å². The van der Waals surface area contributed by atoms with E-state index in [2.05, 4.69) is 16.3 Å². The molecule has 7 heteroatoms. The number of benzene rings is 1. The van der Waals surface area contributed by atoms with E-state index in [-0.39, 0.29) is 36.3 Å². The number of carbonyl (C=O) groups is 2. The third-order valence-electron chi connectivity index (χ3n) is 6.45. The minimum Gasteiger partial charge on any atom is -0.338 e. The van der Waals surface area contributed by atoms with Crippen LogP contribution < -0.4 is 0 Å². The molecule has 2 unspecified atom stereocenters. The molecule has 1 aromatic carbocycles. The molecule has 1 fully saturated rings. The SMILES string of the molecule is CC1CN(C(=O)CN2CCc3sccc3C2c2cccc(F)c2)CCN1C(=O)C(C)(C)C. The number of carbonyl (C=O) groups excluding carboxylic acids is 2. The van der Waals surface area contributed by atoms with Crippen molar-refractivity contribution in [2.45, 2.75) is 46.2 Å².